The van der Waals surface area contributed by atoms with E-state index in [0.717, 1.165) is 31.2 Å². The normalized spacial score (nSPS) is 21.2. The van der Waals surface area contributed by atoms with Crippen molar-refractivity contribution in [2.24, 2.45) is 0 Å². The molecule has 5 heteroatoms. The van der Waals surface area contributed by atoms with E-state index in [0.29, 0.717) is 12.3 Å². The highest BCUT2D eigenvalue weighted by molar-refractivity contribution is 5.89. The fourth-order valence-corrected chi connectivity index (χ4v) is 3.74. The molecule has 5 nitrogen and oxygen atoms in total. The Morgan fingerprint density at radius 1 is 1.08 bits per heavy atom. The third-order valence-corrected chi connectivity index (χ3v) is 5.21. The van der Waals surface area contributed by atoms with E-state index in [2.05, 4.69) is 5.32 Å². The summed E-state index contributed by atoms with van der Waals surface area (Å²) in [5.74, 6) is 0.580. The van der Waals surface area contributed by atoms with Crippen LogP contribution in [0.4, 0.5) is 0 Å². The van der Waals surface area contributed by atoms with Crippen molar-refractivity contribution < 1.29 is 14.3 Å². The summed E-state index contributed by atoms with van der Waals surface area (Å²) in [5, 5.41) is 3.15. The molecule has 1 saturated carbocycles. The third-order valence-electron chi connectivity index (χ3n) is 5.21. The molecule has 2 fully saturated rings. The summed E-state index contributed by atoms with van der Waals surface area (Å²) < 4.78 is 5.59. The number of aryl methyl sites for hydroxylation is 1. The number of hydrogen-bond donors (Lipinski definition) is 1. The lowest BCUT2D eigenvalue weighted by molar-refractivity contribution is -0.140. The molecule has 1 atom stereocenters. The lowest BCUT2D eigenvalue weighted by Gasteiger charge is -2.28. The summed E-state index contributed by atoms with van der Waals surface area (Å²) >= 11 is 0. The van der Waals surface area contributed by atoms with E-state index in [1.54, 1.807) is 4.90 Å². The Balaban J connectivity index is 1.51. The van der Waals surface area contributed by atoms with E-state index < -0.39 is 0 Å². The zero-order chi connectivity index (χ0) is 17.6. The van der Waals surface area contributed by atoms with Gasteiger partial charge in [-0.05, 0) is 44.7 Å². The molecule has 136 valence electrons. The van der Waals surface area contributed by atoms with Crippen molar-refractivity contribution in [2.75, 3.05) is 13.2 Å². The molecule has 2 aliphatic rings. The van der Waals surface area contributed by atoms with Crippen molar-refractivity contribution in [1.29, 1.82) is 0 Å². The molecule has 2 amide bonds. The summed E-state index contributed by atoms with van der Waals surface area (Å²) in [4.78, 5) is 26.8. The molecule has 3 rings (SSSR count). The molecule has 1 aromatic rings. The van der Waals surface area contributed by atoms with Crippen molar-refractivity contribution in [3.63, 3.8) is 0 Å². The zero-order valence-corrected chi connectivity index (χ0v) is 15.0. The van der Waals surface area contributed by atoms with E-state index in [1.165, 1.54) is 19.3 Å². The predicted octanol–water partition coefficient (Wildman–Crippen LogP) is 2.81. The monoisotopic (exact) mass is 344 g/mol. The molecule has 0 bridgehead atoms. The Morgan fingerprint density at radius 2 is 1.80 bits per heavy atom. The Kier molecular flexibility index (Phi) is 5.95. The minimum absolute atomic E-state index is 0.00749. The minimum Gasteiger partial charge on any atom is -0.484 e. The number of nitrogens with one attached hydrogen (secondary N) is 1. The van der Waals surface area contributed by atoms with Crippen LogP contribution in [0.2, 0.25) is 0 Å². The lowest BCUT2D eigenvalue weighted by Crippen LogP contribution is -2.50. The van der Waals surface area contributed by atoms with E-state index >= 15 is 0 Å². The molecular weight excluding hydrogens is 316 g/mol. The molecule has 0 radical (unpaired) electrons. The van der Waals surface area contributed by atoms with Crippen molar-refractivity contribution in [3.8, 4) is 5.75 Å². The van der Waals surface area contributed by atoms with Gasteiger partial charge in [-0.2, -0.15) is 0 Å². The number of carbonyl (C=O) groups excluding carboxylic acids is 2. The Morgan fingerprint density at radius 3 is 2.52 bits per heavy atom. The number of likely N-dealkylation sites (tertiary alicyclic amines) is 1. The SMILES string of the molecule is Cc1ccc(OCC(=O)N2CCC[C@H]2C(=O)NC2CCCCC2)cc1. The van der Waals surface area contributed by atoms with Gasteiger partial charge in [-0.15, -0.1) is 0 Å². The van der Waals surface area contributed by atoms with E-state index in [1.807, 2.05) is 31.2 Å². The third kappa shape index (κ3) is 4.74. The summed E-state index contributed by atoms with van der Waals surface area (Å²) in [6.07, 6.45) is 7.36. The summed E-state index contributed by atoms with van der Waals surface area (Å²) in [6, 6.07) is 7.57. The number of benzene rings is 1. The number of hydrogen-bond acceptors (Lipinski definition) is 3. The maximum absolute atomic E-state index is 12.6. The number of ether oxygens (including phenoxy) is 1. The highest BCUT2D eigenvalue weighted by Crippen LogP contribution is 2.21. The van der Waals surface area contributed by atoms with Gasteiger partial charge in [0.05, 0.1) is 0 Å². The highest BCUT2D eigenvalue weighted by atomic mass is 16.5. The van der Waals surface area contributed by atoms with Gasteiger partial charge in [0.2, 0.25) is 5.91 Å². The van der Waals surface area contributed by atoms with E-state index in [-0.39, 0.29) is 30.5 Å². The van der Waals surface area contributed by atoms with Crippen molar-refractivity contribution in [1.82, 2.24) is 10.2 Å². The van der Waals surface area contributed by atoms with E-state index in [9.17, 15) is 9.59 Å². The molecule has 0 unspecified atom stereocenters. The summed E-state index contributed by atoms with van der Waals surface area (Å²) in [7, 11) is 0. The van der Waals surface area contributed by atoms with Crippen molar-refractivity contribution in [2.45, 2.75) is 64.0 Å². The first-order valence-electron chi connectivity index (χ1n) is 9.43. The molecule has 1 aromatic carbocycles. The molecule has 1 heterocycles. The minimum atomic E-state index is -0.337. The van der Waals surface area contributed by atoms with Crippen molar-refractivity contribution in [3.05, 3.63) is 29.8 Å². The zero-order valence-electron chi connectivity index (χ0n) is 15.0. The lowest BCUT2D eigenvalue weighted by atomic mass is 9.95. The first-order valence-corrected chi connectivity index (χ1v) is 9.43. The molecule has 0 spiro atoms. The van der Waals surface area contributed by atoms with Crippen LogP contribution in [0.15, 0.2) is 24.3 Å². The first kappa shape index (κ1) is 17.8. The molecule has 1 aliphatic heterocycles. The molecule has 25 heavy (non-hydrogen) atoms. The van der Waals surface area contributed by atoms with E-state index in [4.69, 9.17) is 4.74 Å². The fraction of sp³-hybridized carbons (Fsp3) is 0.600. The smallest absolute Gasteiger partial charge is 0.261 e. The first-order chi connectivity index (χ1) is 12.1. The van der Waals surface area contributed by atoms with Crippen LogP contribution in [0.1, 0.15) is 50.5 Å². The number of nitrogens with zero attached hydrogens (tertiary/aromatic N) is 1. The molecular formula is C20H28N2O3. The van der Waals surface area contributed by atoms with Crippen LogP contribution in [-0.4, -0.2) is 41.9 Å². The van der Waals surface area contributed by atoms with Gasteiger partial charge in [0, 0.05) is 12.6 Å². The largest absolute Gasteiger partial charge is 0.484 e. The maximum atomic E-state index is 12.6. The van der Waals surface area contributed by atoms with Crippen LogP contribution in [0.25, 0.3) is 0 Å². The van der Waals surface area contributed by atoms with Gasteiger partial charge in [0.25, 0.3) is 5.91 Å². The number of amides is 2. The highest BCUT2D eigenvalue weighted by Gasteiger charge is 2.35. The average Bonchev–Trinajstić information content (AvgIpc) is 3.12. The fourth-order valence-electron chi connectivity index (χ4n) is 3.74. The Hall–Kier alpha value is -2.04. The van der Waals surface area contributed by atoms with Crippen LogP contribution < -0.4 is 10.1 Å². The van der Waals surface area contributed by atoms with Gasteiger partial charge < -0.3 is 15.0 Å². The van der Waals surface area contributed by atoms with Crippen LogP contribution in [0, 0.1) is 6.92 Å². The van der Waals surface area contributed by atoms with Crippen molar-refractivity contribution >= 4 is 11.8 Å². The van der Waals surface area contributed by atoms with Gasteiger partial charge in [-0.25, -0.2) is 0 Å². The second-order valence-electron chi connectivity index (χ2n) is 7.19. The van der Waals surface area contributed by atoms with Gasteiger partial charge in [0.1, 0.15) is 11.8 Å². The van der Waals surface area contributed by atoms with Crippen LogP contribution >= 0.6 is 0 Å². The second kappa shape index (κ2) is 8.37. The van der Waals surface area contributed by atoms with Gasteiger partial charge in [-0.1, -0.05) is 37.0 Å². The van der Waals surface area contributed by atoms with Crippen LogP contribution in [0.3, 0.4) is 0 Å². The summed E-state index contributed by atoms with van der Waals surface area (Å²) in [5.41, 5.74) is 1.15. The topological polar surface area (TPSA) is 58.6 Å². The van der Waals surface area contributed by atoms with Crippen LogP contribution in [0.5, 0.6) is 5.75 Å². The summed E-state index contributed by atoms with van der Waals surface area (Å²) in [6.45, 7) is 2.63. The Labute approximate surface area is 149 Å². The van der Waals surface area contributed by atoms with Gasteiger partial charge in [0.15, 0.2) is 6.61 Å². The maximum Gasteiger partial charge on any atom is 0.261 e. The Bertz CT molecular complexity index is 593. The molecule has 0 aromatic heterocycles. The number of rotatable bonds is 5. The number of carbonyl (C=O) groups is 2. The molecule has 1 N–H and O–H groups in total. The second-order valence-corrected chi connectivity index (χ2v) is 7.19. The molecule has 1 saturated heterocycles. The van der Waals surface area contributed by atoms with Crippen LogP contribution in [-0.2, 0) is 9.59 Å². The molecule has 1 aliphatic carbocycles. The van der Waals surface area contributed by atoms with Gasteiger partial charge >= 0.3 is 0 Å². The standard InChI is InChI=1S/C20H28N2O3/c1-15-9-11-17(12-10-15)25-14-19(23)22-13-5-8-18(22)20(24)21-16-6-3-2-4-7-16/h9-12,16,18H,2-8,13-14H2,1H3,(H,21,24)/t18-/m0/s1. The average molecular weight is 344 g/mol. The van der Waals surface area contributed by atoms with Gasteiger partial charge in [-0.3, -0.25) is 9.59 Å². The predicted molar refractivity (Wildman–Crippen MR) is 96.4 cm³/mol. The quantitative estimate of drug-likeness (QED) is 0.893.